The topological polar surface area (TPSA) is 45.3 Å². The molecule has 0 bridgehead atoms. The third kappa shape index (κ3) is 3.32. The normalized spacial score (nSPS) is 20.8. The Morgan fingerprint density at radius 2 is 2.00 bits per heavy atom. The summed E-state index contributed by atoms with van der Waals surface area (Å²) in [4.78, 5) is 4.88. The second-order valence-corrected chi connectivity index (χ2v) is 2.02. The van der Waals surface area contributed by atoms with E-state index in [1.165, 1.54) is 0 Å². The lowest BCUT2D eigenvalue weighted by molar-refractivity contribution is 0.133. The van der Waals surface area contributed by atoms with Crippen LogP contribution in [0, 0.1) is 0 Å². The van der Waals surface area contributed by atoms with E-state index in [1.54, 1.807) is 12.5 Å². The molecular formula is C6H13N3O. The summed E-state index contributed by atoms with van der Waals surface area (Å²) in [6, 6.07) is 0. The number of hydroxylamine groups is 1. The van der Waals surface area contributed by atoms with Crippen LogP contribution in [0.4, 0.5) is 0 Å². The highest BCUT2D eigenvalue weighted by Crippen LogP contribution is 1.71. The monoisotopic (exact) mass is 143 g/mol. The highest BCUT2D eigenvalue weighted by molar-refractivity contribution is 4.71. The lowest BCUT2D eigenvalue weighted by Gasteiger charge is -2.07. The van der Waals surface area contributed by atoms with E-state index in [9.17, 15) is 0 Å². The molecule has 1 aliphatic rings. The van der Waals surface area contributed by atoms with Gasteiger partial charge in [0.25, 0.3) is 0 Å². The minimum absolute atomic E-state index is 0.838. The fourth-order valence-electron chi connectivity index (χ4n) is 0.697. The largest absolute Gasteiger partial charge is 0.415 e. The molecule has 10 heavy (non-hydrogen) atoms. The molecule has 1 rings (SSSR count). The minimum atomic E-state index is 0.838. The van der Waals surface area contributed by atoms with Gasteiger partial charge < -0.3 is 15.5 Å². The molecule has 0 aromatic carbocycles. The molecule has 3 N–H and O–H groups in total. The average Bonchev–Trinajstić information content (AvgIpc) is 2.01. The summed E-state index contributed by atoms with van der Waals surface area (Å²) in [6.45, 7) is 3.71. The molecule has 1 heterocycles. The van der Waals surface area contributed by atoms with Crippen molar-refractivity contribution >= 4 is 0 Å². The van der Waals surface area contributed by atoms with Crippen molar-refractivity contribution in [2.45, 2.75) is 0 Å². The molecule has 0 saturated heterocycles. The van der Waals surface area contributed by atoms with Gasteiger partial charge >= 0.3 is 0 Å². The van der Waals surface area contributed by atoms with Crippen LogP contribution in [-0.4, -0.2) is 26.2 Å². The number of hydrogen-bond acceptors (Lipinski definition) is 4. The lowest BCUT2D eigenvalue weighted by atomic mass is 10.5. The Morgan fingerprint density at radius 1 is 1.10 bits per heavy atom. The molecule has 0 radical (unpaired) electrons. The third-order valence-electron chi connectivity index (χ3n) is 1.19. The van der Waals surface area contributed by atoms with E-state index in [0.717, 1.165) is 26.2 Å². The molecule has 58 valence electrons. The molecule has 0 saturated carbocycles. The zero-order chi connectivity index (χ0) is 7.07. The number of hydrogen-bond donors (Lipinski definition) is 3. The maximum Gasteiger partial charge on any atom is 0.126 e. The van der Waals surface area contributed by atoms with Gasteiger partial charge in [-0.25, -0.2) is 0 Å². The van der Waals surface area contributed by atoms with Gasteiger partial charge in [-0.05, 0) is 0 Å². The highest BCUT2D eigenvalue weighted by atomic mass is 16.6. The van der Waals surface area contributed by atoms with Gasteiger partial charge in [0.2, 0.25) is 0 Å². The van der Waals surface area contributed by atoms with Gasteiger partial charge in [-0.3, -0.25) is 0 Å². The predicted molar refractivity (Wildman–Crippen MR) is 39.1 cm³/mol. The highest BCUT2D eigenvalue weighted by Gasteiger charge is 1.87. The minimum Gasteiger partial charge on any atom is -0.415 e. The summed E-state index contributed by atoms with van der Waals surface area (Å²) in [6.07, 6.45) is 3.38. The van der Waals surface area contributed by atoms with Crippen LogP contribution < -0.4 is 16.1 Å². The van der Waals surface area contributed by atoms with Crippen molar-refractivity contribution in [2.24, 2.45) is 0 Å². The fraction of sp³-hybridized carbons (Fsp3) is 0.667. The Morgan fingerprint density at radius 3 is 3.00 bits per heavy atom. The van der Waals surface area contributed by atoms with Crippen LogP contribution in [-0.2, 0) is 4.84 Å². The maximum atomic E-state index is 4.88. The van der Waals surface area contributed by atoms with Crippen molar-refractivity contribution < 1.29 is 4.84 Å². The molecule has 1 aliphatic heterocycles. The molecule has 0 atom stereocenters. The van der Waals surface area contributed by atoms with Crippen molar-refractivity contribution in [3.63, 3.8) is 0 Å². The van der Waals surface area contributed by atoms with Crippen LogP contribution in [0.25, 0.3) is 0 Å². The molecular weight excluding hydrogens is 130 g/mol. The predicted octanol–water partition coefficient (Wildman–Crippen LogP) is -0.828. The van der Waals surface area contributed by atoms with Crippen LogP contribution >= 0.6 is 0 Å². The summed E-state index contributed by atoms with van der Waals surface area (Å²) < 4.78 is 0. The number of rotatable bonds is 0. The molecule has 4 heteroatoms. The average molecular weight is 143 g/mol. The maximum absolute atomic E-state index is 4.88. The first-order chi connectivity index (χ1) is 5.00. The van der Waals surface area contributed by atoms with E-state index < -0.39 is 0 Å². The first-order valence-electron chi connectivity index (χ1n) is 3.48. The van der Waals surface area contributed by atoms with Crippen molar-refractivity contribution in [2.75, 3.05) is 26.2 Å². The van der Waals surface area contributed by atoms with E-state index in [4.69, 9.17) is 4.84 Å². The Labute approximate surface area is 60.6 Å². The van der Waals surface area contributed by atoms with Crippen molar-refractivity contribution in [3.05, 3.63) is 12.5 Å². The first kappa shape index (κ1) is 7.37. The summed E-state index contributed by atoms with van der Waals surface area (Å²) in [5, 5.41) is 6.26. The van der Waals surface area contributed by atoms with Gasteiger partial charge in [-0.15, -0.1) is 0 Å². The van der Waals surface area contributed by atoms with Crippen LogP contribution in [0.2, 0.25) is 0 Å². The SMILES string of the molecule is C1=CONCCNCCN1. The molecule has 0 spiro atoms. The van der Waals surface area contributed by atoms with E-state index in [2.05, 4.69) is 16.1 Å². The second kappa shape index (κ2) is 5.08. The quantitative estimate of drug-likeness (QED) is 0.414. The fourth-order valence-corrected chi connectivity index (χ4v) is 0.697. The standard InChI is InChI=1S/C6H13N3O/c1-2-8-5-6-10-9-4-3-7-1/h5-9H,1-4H2. The van der Waals surface area contributed by atoms with Crippen LogP contribution in [0.15, 0.2) is 12.5 Å². The van der Waals surface area contributed by atoms with Gasteiger partial charge in [0.1, 0.15) is 6.26 Å². The summed E-state index contributed by atoms with van der Waals surface area (Å²) in [5.41, 5.74) is 2.77. The zero-order valence-corrected chi connectivity index (χ0v) is 5.89. The number of nitrogens with one attached hydrogen (secondary N) is 3. The van der Waals surface area contributed by atoms with Gasteiger partial charge in [-0.1, -0.05) is 0 Å². The third-order valence-corrected chi connectivity index (χ3v) is 1.19. The Balaban J connectivity index is 2.13. The van der Waals surface area contributed by atoms with Gasteiger partial charge in [0.15, 0.2) is 0 Å². The van der Waals surface area contributed by atoms with Crippen molar-refractivity contribution in [3.8, 4) is 0 Å². The zero-order valence-electron chi connectivity index (χ0n) is 5.89. The Hall–Kier alpha value is -0.740. The van der Waals surface area contributed by atoms with Crippen molar-refractivity contribution in [1.29, 1.82) is 0 Å². The van der Waals surface area contributed by atoms with Crippen LogP contribution in [0.3, 0.4) is 0 Å². The summed E-state index contributed by atoms with van der Waals surface area (Å²) in [7, 11) is 0. The molecule has 0 unspecified atom stereocenters. The van der Waals surface area contributed by atoms with E-state index in [0.29, 0.717) is 0 Å². The lowest BCUT2D eigenvalue weighted by Crippen LogP contribution is -2.32. The summed E-state index contributed by atoms with van der Waals surface area (Å²) >= 11 is 0. The van der Waals surface area contributed by atoms with Crippen LogP contribution in [0.5, 0.6) is 0 Å². The molecule has 0 aromatic rings. The Kier molecular flexibility index (Phi) is 3.74. The Bertz CT molecular complexity index is 93.2. The summed E-state index contributed by atoms with van der Waals surface area (Å²) in [5.74, 6) is 0. The molecule has 0 amide bonds. The second-order valence-electron chi connectivity index (χ2n) is 2.02. The van der Waals surface area contributed by atoms with Gasteiger partial charge in [0.05, 0.1) is 0 Å². The van der Waals surface area contributed by atoms with Gasteiger partial charge in [0, 0.05) is 32.4 Å². The molecule has 4 nitrogen and oxygen atoms in total. The molecule has 0 fully saturated rings. The van der Waals surface area contributed by atoms with Crippen molar-refractivity contribution in [1.82, 2.24) is 16.1 Å². The van der Waals surface area contributed by atoms with Crippen LogP contribution in [0.1, 0.15) is 0 Å². The molecule has 0 aliphatic carbocycles. The van der Waals surface area contributed by atoms with Gasteiger partial charge in [-0.2, -0.15) is 5.48 Å². The van der Waals surface area contributed by atoms with E-state index in [-0.39, 0.29) is 0 Å². The van der Waals surface area contributed by atoms with E-state index in [1.807, 2.05) is 0 Å². The first-order valence-corrected chi connectivity index (χ1v) is 3.48. The molecule has 0 aromatic heterocycles. The smallest absolute Gasteiger partial charge is 0.126 e. The van der Waals surface area contributed by atoms with E-state index >= 15 is 0 Å².